The van der Waals surface area contributed by atoms with E-state index in [4.69, 9.17) is 4.74 Å². The Kier molecular flexibility index (Phi) is 2.21. The topological polar surface area (TPSA) is 46.5 Å². The first-order chi connectivity index (χ1) is 8.22. The van der Waals surface area contributed by atoms with E-state index < -0.39 is 5.97 Å². The molecule has 0 unspecified atom stereocenters. The van der Waals surface area contributed by atoms with E-state index in [2.05, 4.69) is 6.07 Å². The number of rotatable bonds is 1. The van der Waals surface area contributed by atoms with E-state index in [9.17, 15) is 9.90 Å². The van der Waals surface area contributed by atoms with Crippen molar-refractivity contribution in [1.29, 1.82) is 0 Å². The predicted octanol–water partition coefficient (Wildman–Crippen LogP) is 2.17. The summed E-state index contributed by atoms with van der Waals surface area (Å²) in [6.45, 7) is 0. The normalized spacial score (nSPS) is 17.0. The van der Waals surface area contributed by atoms with Crippen LogP contribution in [0.3, 0.4) is 0 Å². The van der Waals surface area contributed by atoms with Crippen LogP contribution < -0.4 is 0 Å². The van der Waals surface area contributed by atoms with Crippen molar-refractivity contribution < 1.29 is 14.6 Å². The molecule has 1 aromatic rings. The molecule has 88 valence electrons. The zero-order valence-corrected chi connectivity index (χ0v) is 9.75. The Labute approximate surface area is 99.7 Å². The van der Waals surface area contributed by atoms with Gasteiger partial charge in [0.1, 0.15) is 5.76 Å². The van der Waals surface area contributed by atoms with Gasteiger partial charge in [0.05, 0.1) is 12.7 Å². The molecule has 0 fully saturated rings. The van der Waals surface area contributed by atoms with Gasteiger partial charge in [0.2, 0.25) is 0 Å². The average molecular weight is 230 g/mol. The Hall–Kier alpha value is -1.77. The van der Waals surface area contributed by atoms with Crippen molar-refractivity contribution in [3.8, 4) is 0 Å². The molecule has 0 spiro atoms. The van der Waals surface area contributed by atoms with E-state index in [-0.39, 0.29) is 5.76 Å². The molecule has 0 atom stereocenters. The third-order valence-corrected chi connectivity index (χ3v) is 3.73. The number of fused-ring (bicyclic) bond motifs is 3. The van der Waals surface area contributed by atoms with Crippen molar-refractivity contribution in [2.75, 3.05) is 7.11 Å². The first-order valence-electron chi connectivity index (χ1n) is 5.87. The summed E-state index contributed by atoms with van der Waals surface area (Å²) in [5, 5.41) is 10.1. The quantitative estimate of drug-likeness (QED) is 0.752. The maximum atomic E-state index is 11.6. The zero-order chi connectivity index (χ0) is 12.0. The second-order valence-electron chi connectivity index (χ2n) is 4.58. The van der Waals surface area contributed by atoms with Crippen LogP contribution in [-0.2, 0) is 28.8 Å². The van der Waals surface area contributed by atoms with Gasteiger partial charge in [-0.05, 0) is 36.0 Å². The molecule has 3 heteroatoms. The van der Waals surface area contributed by atoms with Crippen LogP contribution in [-0.4, -0.2) is 18.2 Å². The number of aliphatic hydroxyl groups is 1. The van der Waals surface area contributed by atoms with Gasteiger partial charge in [0.25, 0.3) is 0 Å². The first-order valence-corrected chi connectivity index (χ1v) is 5.87. The van der Waals surface area contributed by atoms with Crippen LogP contribution >= 0.6 is 0 Å². The molecular weight excluding hydrogens is 216 g/mol. The second-order valence-corrected chi connectivity index (χ2v) is 4.58. The number of hydrogen-bond donors (Lipinski definition) is 1. The molecule has 0 radical (unpaired) electrons. The summed E-state index contributed by atoms with van der Waals surface area (Å²) in [5.74, 6) is -0.327. The fourth-order valence-corrected chi connectivity index (χ4v) is 2.88. The summed E-state index contributed by atoms with van der Waals surface area (Å²) in [4.78, 5) is 11.6. The smallest absolute Gasteiger partial charge is 0.337 e. The molecule has 2 aliphatic carbocycles. The fraction of sp³-hybridized carbons (Fsp3) is 0.357. The summed E-state index contributed by atoms with van der Waals surface area (Å²) in [6.07, 6.45) is 3.84. The molecule has 1 aromatic carbocycles. The Bertz CT molecular complexity index is 541. The molecule has 0 saturated heterocycles. The number of hydrogen-bond acceptors (Lipinski definition) is 3. The van der Waals surface area contributed by atoms with E-state index in [1.165, 1.54) is 24.7 Å². The standard InChI is InChI=1S/C14H14O3/c1-17-14(16)12-7-11-9-4-2-3-8(9)5-6-10(11)13(12)15/h5-6,15H,2-4,7H2,1H3. The Morgan fingerprint density at radius 2 is 2.12 bits per heavy atom. The van der Waals surface area contributed by atoms with Gasteiger partial charge >= 0.3 is 5.97 Å². The lowest BCUT2D eigenvalue weighted by atomic mass is 9.98. The summed E-state index contributed by atoms with van der Waals surface area (Å²) in [6, 6.07) is 3.99. The number of methoxy groups -OCH3 is 1. The number of ether oxygens (including phenoxy) is 1. The van der Waals surface area contributed by atoms with Gasteiger partial charge in [-0.2, -0.15) is 0 Å². The van der Waals surface area contributed by atoms with Crippen LogP contribution in [0.15, 0.2) is 17.7 Å². The van der Waals surface area contributed by atoms with Crippen LogP contribution in [0.4, 0.5) is 0 Å². The summed E-state index contributed by atoms with van der Waals surface area (Å²) < 4.78 is 4.70. The summed E-state index contributed by atoms with van der Waals surface area (Å²) in [7, 11) is 1.34. The number of carbonyl (C=O) groups excluding carboxylic acids is 1. The molecule has 1 N–H and O–H groups in total. The number of carbonyl (C=O) groups is 1. The second kappa shape index (κ2) is 3.62. The molecule has 0 bridgehead atoms. The van der Waals surface area contributed by atoms with Crippen LogP contribution in [0.5, 0.6) is 0 Å². The molecule has 2 aliphatic rings. The van der Waals surface area contributed by atoms with Crippen LogP contribution in [0, 0.1) is 0 Å². The van der Waals surface area contributed by atoms with Crippen molar-refractivity contribution in [3.63, 3.8) is 0 Å². The summed E-state index contributed by atoms with van der Waals surface area (Å²) in [5.41, 5.74) is 5.02. The van der Waals surface area contributed by atoms with Gasteiger partial charge < -0.3 is 9.84 Å². The highest BCUT2D eigenvalue weighted by Crippen LogP contribution is 2.38. The average Bonchev–Trinajstić information content (AvgIpc) is 2.92. The van der Waals surface area contributed by atoms with E-state index in [0.717, 1.165) is 24.0 Å². The van der Waals surface area contributed by atoms with Gasteiger partial charge in [0.15, 0.2) is 0 Å². The largest absolute Gasteiger partial charge is 0.507 e. The van der Waals surface area contributed by atoms with E-state index in [1.54, 1.807) is 0 Å². The van der Waals surface area contributed by atoms with Crippen LogP contribution in [0.1, 0.15) is 28.7 Å². The van der Waals surface area contributed by atoms with Gasteiger partial charge in [-0.25, -0.2) is 4.79 Å². The number of aliphatic hydroxyl groups excluding tert-OH is 1. The minimum absolute atomic E-state index is 0.0987. The predicted molar refractivity (Wildman–Crippen MR) is 63.7 cm³/mol. The SMILES string of the molecule is COC(=O)C1=C(O)c2ccc3c(c2C1)CCC3. The molecule has 0 saturated carbocycles. The van der Waals surface area contributed by atoms with E-state index >= 15 is 0 Å². The maximum Gasteiger partial charge on any atom is 0.337 e. The molecule has 3 rings (SSSR count). The highest BCUT2D eigenvalue weighted by atomic mass is 16.5. The molecule has 0 aliphatic heterocycles. The Balaban J connectivity index is 2.09. The maximum absolute atomic E-state index is 11.6. The highest BCUT2D eigenvalue weighted by Gasteiger charge is 2.30. The van der Waals surface area contributed by atoms with Crippen molar-refractivity contribution in [3.05, 3.63) is 40.0 Å². The van der Waals surface area contributed by atoms with E-state index in [0.29, 0.717) is 12.0 Å². The van der Waals surface area contributed by atoms with Crippen molar-refractivity contribution >= 4 is 11.7 Å². The van der Waals surface area contributed by atoms with Gasteiger partial charge in [0, 0.05) is 12.0 Å². The molecule has 3 nitrogen and oxygen atoms in total. The lowest BCUT2D eigenvalue weighted by molar-refractivity contribution is -0.136. The van der Waals surface area contributed by atoms with Gasteiger partial charge in [-0.15, -0.1) is 0 Å². The van der Waals surface area contributed by atoms with Gasteiger partial charge in [-0.1, -0.05) is 12.1 Å². The van der Waals surface area contributed by atoms with Crippen molar-refractivity contribution in [1.82, 2.24) is 0 Å². The van der Waals surface area contributed by atoms with Gasteiger partial charge in [-0.3, -0.25) is 0 Å². The number of aryl methyl sites for hydroxylation is 1. The third-order valence-electron chi connectivity index (χ3n) is 3.73. The number of benzene rings is 1. The highest BCUT2D eigenvalue weighted by molar-refractivity contribution is 5.99. The molecule has 0 amide bonds. The number of esters is 1. The zero-order valence-electron chi connectivity index (χ0n) is 9.75. The monoisotopic (exact) mass is 230 g/mol. The first kappa shape index (κ1) is 10.4. The van der Waals surface area contributed by atoms with Crippen molar-refractivity contribution in [2.45, 2.75) is 25.7 Å². The molecule has 0 heterocycles. The minimum atomic E-state index is -0.426. The Morgan fingerprint density at radius 3 is 2.88 bits per heavy atom. The Morgan fingerprint density at radius 1 is 1.29 bits per heavy atom. The van der Waals surface area contributed by atoms with Crippen molar-refractivity contribution in [2.24, 2.45) is 0 Å². The lowest BCUT2D eigenvalue weighted by Crippen LogP contribution is -2.06. The summed E-state index contributed by atoms with van der Waals surface area (Å²) >= 11 is 0. The molecule has 0 aromatic heterocycles. The van der Waals surface area contributed by atoms with E-state index in [1.807, 2.05) is 6.07 Å². The van der Waals surface area contributed by atoms with Crippen LogP contribution in [0.25, 0.3) is 5.76 Å². The molecule has 17 heavy (non-hydrogen) atoms. The third kappa shape index (κ3) is 1.38. The lowest BCUT2D eigenvalue weighted by Gasteiger charge is -2.06. The molecular formula is C14H14O3. The van der Waals surface area contributed by atoms with Crippen LogP contribution in [0.2, 0.25) is 0 Å². The minimum Gasteiger partial charge on any atom is -0.507 e. The fourth-order valence-electron chi connectivity index (χ4n) is 2.88.